The van der Waals surface area contributed by atoms with E-state index < -0.39 is 6.23 Å². The van der Waals surface area contributed by atoms with Gasteiger partial charge in [0.05, 0.1) is 6.26 Å². The fourth-order valence-corrected chi connectivity index (χ4v) is 3.87. The molecule has 0 radical (unpaired) electrons. The van der Waals surface area contributed by atoms with Gasteiger partial charge in [0.2, 0.25) is 17.3 Å². The molecule has 0 amide bonds. The summed E-state index contributed by atoms with van der Waals surface area (Å²) in [5, 5.41) is 13.3. The van der Waals surface area contributed by atoms with Gasteiger partial charge in [0.25, 0.3) is 0 Å². The third-order valence-electron chi connectivity index (χ3n) is 4.42. The fraction of sp³-hybridized carbons (Fsp3) is 0.0952. The minimum atomic E-state index is -0.516. The Hall–Kier alpha value is -3.03. The molecule has 8 heteroatoms. The van der Waals surface area contributed by atoms with Crippen LogP contribution in [-0.2, 0) is 5.75 Å². The van der Waals surface area contributed by atoms with Crippen molar-refractivity contribution < 1.29 is 9.15 Å². The highest BCUT2D eigenvalue weighted by Crippen LogP contribution is 2.39. The average molecular weight is 423 g/mol. The third kappa shape index (κ3) is 3.79. The number of hydrogen-bond acceptors (Lipinski definition) is 7. The Balaban J connectivity index is 1.47. The smallest absolute Gasteiger partial charge is 0.247 e. The lowest BCUT2D eigenvalue weighted by molar-refractivity contribution is 0.195. The summed E-state index contributed by atoms with van der Waals surface area (Å²) in [5.74, 6) is 1.77. The molecule has 0 spiro atoms. The fourth-order valence-electron chi connectivity index (χ4n) is 3.01. The van der Waals surface area contributed by atoms with E-state index in [0.717, 1.165) is 16.8 Å². The van der Waals surface area contributed by atoms with Crippen LogP contribution in [0.5, 0.6) is 5.88 Å². The van der Waals surface area contributed by atoms with Crippen molar-refractivity contribution in [2.45, 2.75) is 17.1 Å². The predicted octanol–water partition coefficient (Wildman–Crippen LogP) is 5.58. The summed E-state index contributed by atoms with van der Waals surface area (Å²) in [4.78, 5) is 4.62. The summed E-state index contributed by atoms with van der Waals surface area (Å²) in [7, 11) is 0. The first-order chi connectivity index (χ1) is 14.3. The molecule has 0 saturated carbocycles. The number of para-hydroxylation sites is 1. The quantitative estimate of drug-likeness (QED) is 0.430. The first-order valence-electron chi connectivity index (χ1n) is 8.94. The number of furan rings is 1. The normalized spacial score (nSPS) is 14.9. The molecule has 1 N–H and O–H groups in total. The number of rotatable bonds is 4. The van der Waals surface area contributed by atoms with Crippen molar-refractivity contribution >= 4 is 29.1 Å². The number of aromatic nitrogens is 3. The first-order valence-corrected chi connectivity index (χ1v) is 10.3. The van der Waals surface area contributed by atoms with Gasteiger partial charge < -0.3 is 14.5 Å². The van der Waals surface area contributed by atoms with E-state index in [9.17, 15) is 0 Å². The van der Waals surface area contributed by atoms with Crippen LogP contribution in [0.1, 0.15) is 17.6 Å². The second-order valence-electron chi connectivity index (χ2n) is 6.37. The van der Waals surface area contributed by atoms with Crippen LogP contribution in [0.2, 0.25) is 5.02 Å². The number of nitrogens with one attached hydrogen (secondary N) is 1. The van der Waals surface area contributed by atoms with Crippen LogP contribution >= 0.6 is 23.4 Å². The SMILES string of the molecule is Clc1ccc(CSc2nnc3c(n2)OC(c2ccco2)Nc2ccccc2-3)cc1. The largest absolute Gasteiger partial charge is 0.463 e. The maximum atomic E-state index is 6.14. The number of hydrogen-bond donors (Lipinski definition) is 1. The van der Waals surface area contributed by atoms with E-state index in [1.165, 1.54) is 11.8 Å². The van der Waals surface area contributed by atoms with Crippen molar-refractivity contribution in [1.29, 1.82) is 0 Å². The maximum Gasteiger partial charge on any atom is 0.247 e. The van der Waals surface area contributed by atoms with Gasteiger partial charge in [-0.25, -0.2) is 0 Å². The van der Waals surface area contributed by atoms with E-state index in [-0.39, 0.29) is 0 Å². The molecule has 1 aliphatic rings. The first kappa shape index (κ1) is 18.0. The van der Waals surface area contributed by atoms with Crippen LogP contribution in [0.25, 0.3) is 11.3 Å². The topological polar surface area (TPSA) is 73.1 Å². The molecule has 1 unspecified atom stereocenters. The average Bonchev–Trinajstić information content (AvgIpc) is 3.23. The van der Waals surface area contributed by atoms with Gasteiger partial charge in [-0.05, 0) is 35.9 Å². The van der Waals surface area contributed by atoms with Gasteiger partial charge >= 0.3 is 0 Å². The molecule has 6 nitrogen and oxygen atoms in total. The van der Waals surface area contributed by atoms with Crippen LogP contribution in [0.15, 0.2) is 76.5 Å². The lowest BCUT2D eigenvalue weighted by Gasteiger charge is -2.16. The zero-order valence-electron chi connectivity index (χ0n) is 15.1. The van der Waals surface area contributed by atoms with Crippen molar-refractivity contribution in [3.63, 3.8) is 0 Å². The summed E-state index contributed by atoms with van der Waals surface area (Å²) < 4.78 is 11.7. The van der Waals surface area contributed by atoms with E-state index in [4.69, 9.17) is 20.8 Å². The Morgan fingerprint density at radius 3 is 2.69 bits per heavy atom. The molecule has 0 bridgehead atoms. The molecule has 0 fully saturated rings. The Kier molecular flexibility index (Phi) is 4.83. The molecule has 144 valence electrons. The Bertz CT molecular complexity index is 1140. The molecule has 4 aromatic rings. The zero-order chi connectivity index (χ0) is 19.6. The molecule has 2 aromatic carbocycles. The monoisotopic (exact) mass is 422 g/mol. The molecule has 0 aliphatic carbocycles. The number of fused-ring (bicyclic) bond motifs is 3. The van der Waals surface area contributed by atoms with Gasteiger partial charge in [0.15, 0.2) is 11.5 Å². The van der Waals surface area contributed by atoms with Crippen LogP contribution in [-0.4, -0.2) is 15.2 Å². The highest BCUT2D eigenvalue weighted by atomic mass is 35.5. The second-order valence-corrected chi connectivity index (χ2v) is 7.75. The van der Waals surface area contributed by atoms with E-state index in [1.54, 1.807) is 6.26 Å². The van der Waals surface area contributed by atoms with Crippen LogP contribution in [0, 0.1) is 0 Å². The third-order valence-corrected chi connectivity index (χ3v) is 5.58. The zero-order valence-corrected chi connectivity index (χ0v) is 16.7. The van der Waals surface area contributed by atoms with Crippen LogP contribution in [0.3, 0.4) is 0 Å². The van der Waals surface area contributed by atoms with Gasteiger partial charge in [-0.3, -0.25) is 0 Å². The van der Waals surface area contributed by atoms with Crippen molar-refractivity contribution in [1.82, 2.24) is 15.2 Å². The number of halogens is 1. The summed E-state index contributed by atoms with van der Waals surface area (Å²) in [6.45, 7) is 0. The van der Waals surface area contributed by atoms with Crippen molar-refractivity contribution in [2.75, 3.05) is 5.32 Å². The van der Waals surface area contributed by atoms with E-state index in [2.05, 4.69) is 20.5 Å². The van der Waals surface area contributed by atoms with Gasteiger partial charge in [-0.15, -0.1) is 10.2 Å². The Labute approximate surface area is 176 Å². The highest BCUT2D eigenvalue weighted by molar-refractivity contribution is 7.98. The molecule has 29 heavy (non-hydrogen) atoms. The maximum absolute atomic E-state index is 6.14. The Morgan fingerprint density at radius 2 is 1.86 bits per heavy atom. The molecule has 5 rings (SSSR count). The molecule has 1 aliphatic heterocycles. The molecule has 2 aromatic heterocycles. The van der Waals surface area contributed by atoms with Gasteiger partial charge in [-0.1, -0.05) is 53.7 Å². The highest BCUT2D eigenvalue weighted by Gasteiger charge is 2.27. The van der Waals surface area contributed by atoms with E-state index in [1.807, 2.05) is 60.7 Å². The predicted molar refractivity (Wildman–Crippen MR) is 112 cm³/mol. The molecular formula is C21H15ClN4O2S. The number of thioether (sulfide) groups is 1. The van der Waals surface area contributed by atoms with Gasteiger partial charge in [0.1, 0.15) is 0 Å². The number of anilines is 1. The lowest BCUT2D eigenvalue weighted by atomic mass is 10.1. The minimum absolute atomic E-state index is 0.414. The number of benzene rings is 2. The van der Waals surface area contributed by atoms with Crippen molar-refractivity contribution in [2.24, 2.45) is 0 Å². The van der Waals surface area contributed by atoms with Crippen LogP contribution in [0.4, 0.5) is 5.69 Å². The van der Waals surface area contributed by atoms with E-state index >= 15 is 0 Å². The summed E-state index contributed by atoms with van der Waals surface area (Å²) in [6, 6.07) is 19.2. The van der Waals surface area contributed by atoms with E-state index in [0.29, 0.717) is 33.3 Å². The molecular weight excluding hydrogens is 408 g/mol. The van der Waals surface area contributed by atoms with Crippen molar-refractivity contribution in [3.05, 3.63) is 83.3 Å². The minimum Gasteiger partial charge on any atom is -0.463 e. The summed E-state index contributed by atoms with van der Waals surface area (Å²) in [5.41, 5.74) is 3.48. The van der Waals surface area contributed by atoms with Crippen molar-refractivity contribution in [3.8, 4) is 17.1 Å². The number of nitrogens with zero attached hydrogens (tertiary/aromatic N) is 3. The van der Waals surface area contributed by atoms with Gasteiger partial charge in [-0.2, -0.15) is 4.98 Å². The summed E-state index contributed by atoms with van der Waals surface area (Å²) >= 11 is 7.44. The summed E-state index contributed by atoms with van der Waals surface area (Å²) in [6.07, 6.45) is 1.10. The molecule has 0 saturated heterocycles. The second kappa shape index (κ2) is 7.77. The number of ether oxygens (including phenoxy) is 1. The lowest BCUT2D eigenvalue weighted by Crippen LogP contribution is -2.16. The standard InChI is InChI=1S/C21H15ClN4O2S/c22-14-9-7-13(8-10-14)12-29-21-24-20-18(25-26-21)15-4-1-2-5-16(15)23-19(28-20)17-6-3-11-27-17/h1-11,19,23H,12H2. The van der Waals surface area contributed by atoms with Gasteiger partial charge in [0, 0.05) is 22.0 Å². The van der Waals surface area contributed by atoms with Crippen LogP contribution < -0.4 is 10.1 Å². The molecule has 3 heterocycles. The molecule has 1 atom stereocenters. The Morgan fingerprint density at radius 1 is 1.00 bits per heavy atom.